The van der Waals surface area contributed by atoms with Crippen molar-refractivity contribution < 1.29 is 4.79 Å². The molecule has 1 amide bonds. The summed E-state index contributed by atoms with van der Waals surface area (Å²) in [6.07, 6.45) is 0. The summed E-state index contributed by atoms with van der Waals surface area (Å²) in [5.41, 5.74) is 0.827. The van der Waals surface area contributed by atoms with Crippen LogP contribution >= 0.6 is 34.2 Å². The molecule has 4 heteroatoms. The van der Waals surface area contributed by atoms with Gasteiger partial charge in [-0.2, -0.15) is 0 Å². The number of hydrogen-bond acceptors (Lipinski definition) is 1. The minimum absolute atomic E-state index is 0.177. The molecule has 0 heterocycles. The number of halogens is 2. The third-order valence-corrected chi connectivity index (χ3v) is 2.74. The second-order valence-electron chi connectivity index (χ2n) is 2.53. The third kappa shape index (κ3) is 2.84. The second-order valence-corrected chi connectivity index (χ2v) is 4.21. The van der Waals surface area contributed by atoms with E-state index in [0.717, 1.165) is 9.13 Å². The van der Waals surface area contributed by atoms with Gasteiger partial charge < -0.3 is 5.32 Å². The van der Waals surface area contributed by atoms with E-state index in [1.807, 2.05) is 24.3 Å². The average molecular weight is 310 g/mol. The smallest absolute Gasteiger partial charge is 0.242 e. The molecule has 1 rings (SSSR count). The molecule has 0 aromatic heterocycles. The number of carbonyl (C=O) groups excluding carboxylic acids is 1. The summed E-state index contributed by atoms with van der Waals surface area (Å²) in [6, 6.07) is 7.58. The van der Waals surface area contributed by atoms with Crippen molar-refractivity contribution in [2.75, 3.05) is 7.05 Å². The molecule has 0 aliphatic heterocycles. The first-order chi connectivity index (χ1) is 6.15. The lowest BCUT2D eigenvalue weighted by atomic mass is 10.1. The van der Waals surface area contributed by atoms with E-state index in [9.17, 15) is 4.79 Å². The predicted octanol–water partition coefficient (Wildman–Crippen LogP) is 2.32. The molecule has 0 radical (unpaired) electrons. The number of nitrogens with one attached hydrogen (secondary N) is 1. The first kappa shape index (κ1) is 10.8. The van der Waals surface area contributed by atoms with E-state index in [1.54, 1.807) is 7.05 Å². The maximum Gasteiger partial charge on any atom is 0.242 e. The highest BCUT2D eigenvalue weighted by atomic mass is 127. The number of rotatable bonds is 2. The SMILES string of the molecule is CNC(=O)C(Cl)c1cccc(I)c1. The van der Waals surface area contributed by atoms with Crippen LogP contribution < -0.4 is 5.32 Å². The molecular weight excluding hydrogens is 300 g/mol. The van der Waals surface area contributed by atoms with Crippen LogP contribution in [0.4, 0.5) is 0 Å². The number of likely N-dealkylation sites (N-methyl/N-ethyl adjacent to an activating group) is 1. The molecule has 70 valence electrons. The van der Waals surface area contributed by atoms with Crippen LogP contribution in [0.2, 0.25) is 0 Å². The van der Waals surface area contributed by atoms with Crippen molar-refractivity contribution in [2.45, 2.75) is 5.38 Å². The van der Waals surface area contributed by atoms with Crippen molar-refractivity contribution in [1.29, 1.82) is 0 Å². The topological polar surface area (TPSA) is 29.1 Å². The minimum atomic E-state index is -0.597. The van der Waals surface area contributed by atoms with E-state index in [0.29, 0.717) is 0 Å². The Morgan fingerprint density at radius 1 is 1.62 bits per heavy atom. The van der Waals surface area contributed by atoms with E-state index >= 15 is 0 Å². The molecule has 0 spiro atoms. The highest BCUT2D eigenvalue weighted by Crippen LogP contribution is 2.21. The molecule has 13 heavy (non-hydrogen) atoms. The summed E-state index contributed by atoms with van der Waals surface area (Å²) in [7, 11) is 1.58. The molecule has 0 aliphatic carbocycles. The molecule has 0 bridgehead atoms. The standard InChI is InChI=1S/C9H9ClINO/c1-12-9(13)8(10)6-3-2-4-7(11)5-6/h2-5,8H,1H3,(H,12,13). The Morgan fingerprint density at radius 3 is 2.85 bits per heavy atom. The van der Waals surface area contributed by atoms with E-state index < -0.39 is 5.38 Å². The van der Waals surface area contributed by atoms with Crippen LogP contribution in [0, 0.1) is 3.57 Å². The normalized spacial score (nSPS) is 12.2. The highest BCUT2D eigenvalue weighted by Gasteiger charge is 2.15. The van der Waals surface area contributed by atoms with Gasteiger partial charge >= 0.3 is 0 Å². The fraction of sp³-hybridized carbons (Fsp3) is 0.222. The lowest BCUT2D eigenvalue weighted by Crippen LogP contribution is -2.22. The summed E-state index contributed by atoms with van der Waals surface area (Å²) >= 11 is 8.10. The molecule has 1 aromatic carbocycles. The maximum absolute atomic E-state index is 11.2. The van der Waals surface area contributed by atoms with Crippen LogP contribution in [0.5, 0.6) is 0 Å². The van der Waals surface area contributed by atoms with Crippen LogP contribution in [0.1, 0.15) is 10.9 Å². The van der Waals surface area contributed by atoms with Crippen LogP contribution in [-0.4, -0.2) is 13.0 Å². The average Bonchev–Trinajstić information content (AvgIpc) is 2.15. The van der Waals surface area contributed by atoms with Gasteiger partial charge in [0.2, 0.25) is 5.91 Å². The number of hydrogen-bond donors (Lipinski definition) is 1. The van der Waals surface area contributed by atoms with Gasteiger partial charge in [0.15, 0.2) is 0 Å². The van der Waals surface area contributed by atoms with E-state index in [2.05, 4.69) is 27.9 Å². The van der Waals surface area contributed by atoms with Crippen molar-refractivity contribution >= 4 is 40.1 Å². The quantitative estimate of drug-likeness (QED) is 0.659. The molecule has 2 nitrogen and oxygen atoms in total. The Labute approximate surface area is 95.8 Å². The lowest BCUT2D eigenvalue weighted by molar-refractivity contribution is -0.120. The highest BCUT2D eigenvalue weighted by molar-refractivity contribution is 14.1. The van der Waals surface area contributed by atoms with E-state index in [1.165, 1.54) is 0 Å². The molecule has 0 aliphatic rings. The van der Waals surface area contributed by atoms with Gasteiger partial charge in [0.1, 0.15) is 5.38 Å². The lowest BCUT2D eigenvalue weighted by Gasteiger charge is -2.07. The zero-order chi connectivity index (χ0) is 9.84. The van der Waals surface area contributed by atoms with Gasteiger partial charge in [-0.15, -0.1) is 11.6 Å². The number of carbonyl (C=O) groups is 1. The van der Waals surface area contributed by atoms with E-state index in [-0.39, 0.29) is 5.91 Å². The van der Waals surface area contributed by atoms with Gasteiger partial charge in [-0.1, -0.05) is 12.1 Å². The Balaban J connectivity index is 2.88. The van der Waals surface area contributed by atoms with Crippen molar-refractivity contribution in [3.05, 3.63) is 33.4 Å². The molecule has 1 N–H and O–H groups in total. The monoisotopic (exact) mass is 309 g/mol. The Kier molecular flexibility index (Phi) is 3.99. The summed E-state index contributed by atoms with van der Waals surface area (Å²) in [5, 5.41) is 1.91. The second kappa shape index (κ2) is 4.81. The summed E-state index contributed by atoms with van der Waals surface area (Å²) < 4.78 is 1.07. The number of alkyl halides is 1. The van der Waals surface area contributed by atoms with Gasteiger partial charge in [-0.3, -0.25) is 4.79 Å². The zero-order valence-electron chi connectivity index (χ0n) is 7.05. The largest absolute Gasteiger partial charge is 0.358 e. The van der Waals surface area contributed by atoms with Crippen LogP contribution in [0.3, 0.4) is 0 Å². The van der Waals surface area contributed by atoms with Crippen LogP contribution in [-0.2, 0) is 4.79 Å². The fourth-order valence-corrected chi connectivity index (χ4v) is 1.75. The molecule has 0 fully saturated rings. The fourth-order valence-electron chi connectivity index (χ4n) is 0.942. The van der Waals surface area contributed by atoms with Crippen LogP contribution in [0.15, 0.2) is 24.3 Å². The van der Waals surface area contributed by atoms with Gasteiger partial charge in [0.05, 0.1) is 0 Å². The van der Waals surface area contributed by atoms with Crippen molar-refractivity contribution in [3.8, 4) is 0 Å². The molecule has 1 unspecified atom stereocenters. The summed E-state index contributed by atoms with van der Waals surface area (Å²) in [4.78, 5) is 11.2. The van der Waals surface area contributed by atoms with Crippen molar-refractivity contribution in [3.63, 3.8) is 0 Å². The summed E-state index contributed by atoms with van der Waals surface area (Å²) in [6.45, 7) is 0. The maximum atomic E-state index is 11.2. The first-order valence-electron chi connectivity index (χ1n) is 3.76. The zero-order valence-corrected chi connectivity index (χ0v) is 9.96. The third-order valence-electron chi connectivity index (χ3n) is 1.62. The predicted molar refractivity (Wildman–Crippen MR) is 61.8 cm³/mol. The van der Waals surface area contributed by atoms with Gasteiger partial charge in [0.25, 0.3) is 0 Å². The first-order valence-corrected chi connectivity index (χ1v) is 5.28. The Bertz CT molecular complexity index is 316. The van der Waals surface area contributed by atoms with Gasteiger partial charge in [-0.25, -0.2) is 0 Å². The number of benzene rings is 1. The molecule has 1 atom stereocenters. The molecule has 0 saturated heterocycles. The van der Waals surface area contributed by atoms with Gasteiger partial charge in [-0.05, 0) is 40.3 Å². The molecular formula is C9H9ClINO. The van der Waals surface area contributed by atoms with Gasteiger partial charge in [0, 0.05) is 10.6 Å². The number of amides is 1. The molecule has 1 aromatic rings. The summed E-state index contributed by atoms with van der Waals surface area (Å²) in [5.74, 6) is -0.177. The van der Waals surface area contributed by atoms with Crippen molar-refractivity contribution in [1.82, 2.24) is 5.32 Å². The Morgan fingerprint density at radius 2 is 2.31 bits per heavy atom. The van der Waals surface area contributed by atoms with Crippen molar-refractivity contribution in [2.24, 2.45) is 0 Å². The Hall–Kier alpha value is -0.290. The van der Waals surface area contributed by atoms with E-state index in [4.69, 9.17) is 11.6 Å². The minimum Gasteiger partial charge on any atom is -0.358 e. The molecule has 0 saturated carbocycles. The van der Waals surface area contributed by atoms with Crippen LogP contribution in [0.25, 0.3) is 0 Å².